The molecule has 1 aliphatic rings. The maximum atomic E-state index is 5.32. The molecule has 1 saturated heterocycles. The van der Waals surface area contributed by atoms with Crippen molar-refractivity contribution in [3.63, 3.8) is 0 Å². The second-order valence-corrected chi connectivity index (χ2v) is 3.03. The molecule has 0 aliphatic carbocycles. The molecule has 4 nitrogen and oxygen atoms in total. The quantitative estimate of drug-likeness (QED) is 0.635. The maximum Gasteiger partial charge on any atom is 0.125 e. The van der Waals surface area contributed by atoms with Gasteiger partial charge in [-0.3, -0.25) is 0 Å². The molecule has 0 radical (unpaired) electrons. The molecular formula is C8H13N3O. The Morgan fingerprint density at radius 2 is 2.58 bits per heavy atom. The molecule has 0 bridgehead atoms. The fourth-order valence-corrected chi connectivity index (χ4v) is 1.35. The first-order valence-corrected chi connectivity index (χ1v) is 4.19. The Balaban J connectivity index is 2.08. The van der Waals surface area contributed by atoms with Crippen molar-refractivity contribution < 1.29 is 4.74 Å². The van der Waals surface area contributed by atoms with Crippen molar-refractivity contribution in [2.45, 2.75) is 13.0 Å². The van der Waals surface area contributed by atoms with Gasteiger partial charge < -0.3 is 15.0 Å². The largest absolute Gasteiger partial charge is 0.378 e. The predicted octanol–water partition coefficient (Wildman–Crippen LogP) is 0.379. The number of nitrogens with one attached hydrogen (secondary N) is 2. The van der Waals surface area contributed by atoms with E-state index in [4.69, 9.17) is 4.74 Å². The third-order valence-corrected chi connectivity index (χ3v) is 1.97. The summed E-state index contributed by atoms with van der Waals surface area (Å²) in [7, 11) is 0. The van der Waals surface area contributed by atoms with Gasteiger partial charge in [0.2, 0.25) is 0 Å². The zero-order valence-corrected chi connectivity index (χ0v) is 7.13. The standard InChI is InChI=1S/C8H13N3O/c1-6-4-10-8(11-6)7-5-12-3-2-9-7/h4,7,9H,2-3,5H2,1H3,(H,10,11)/t7-/m1/s1. The molecule has 0 unspecified atom stereocenters. The number of hydrogen-bond acceptors (Lipinski definition) is 3. The first-order valence-electron chi connectivity index (χ1n) is 4.19. The number of morpholine rings is 1. The Morgan fingerprint density at radius 1 is 1.67 bits per heavy atom. The number of aromatic nitrogens is 2. The summed E-state index contributed by atoms with van der Waals surface area (Å²) in [6, 6.07) is 0.243. The number of nitrogens with zero attached hydrogens (tertiary/aromatic N) is 1. The number of hydrogen-bond donors (Lipinski definition) is 2. The van der Waals surface area contributed by atoms with Crippen molar-refractivity contribution in [2.75, 3.05) is 19.8 Å². The first-order chi connectivity index (χ1) is 5.86. The summed E-state index contributed by atoms with van der Waals surface area (Å²) in [4.78, 5) is 7.43. The highest BCUT2D eigenvalue weighted by Gasteiger charge is 2.17. The summed E-state index contributed by atoms with van der Waals surface area (Å²) >= 11 is 0. The molecule has 0 spiro atoms. The molecule has 2 heterocycles. The molecule has 1 fully saturated rings. The van der Waals surface area contributed by atoms with Crippen LogP contribution in [0.15, 0.2) is 6.20 Å². The van der Waals surface area contributed by atoms with Crippen LogP contribution in [0.1, 0.15) is 17.6 Å². The topological polar surface area (TPSA) is 49.9 Å². The van der Waals surface area contributed by atoms with Crippen molar-refractivity contribution in [1.29, 1.82) is 0 Å². The van der Waals surface area contributed by atoms with Gasteiger partial charge in [0, 0.05) is 18.4 Å². The van der Waals surface area contributed by atoms with Gasteiger partial charge in [0.25, 0.3) is 0 Å². The van der Waals surface area contributed by atoms with Crippen LogP contribution in [0.3, 0.4) is 0 Å². The average molecular weight is 167 g/mol. The molecule has 0 aromatic carbocycles. The molecule has 1 aliphatic heterocycles. The molecule has 66 valence electrons. The van der Waals surface area contributed by atoms with E-state index in [0.29, 0.717) is 6.61 Å². The molecule has 12 heavy (non-hydrogen) atoms. The Kier molecular flexibility index (Phi) is 2.10. The molecule has 1 aromatic rings. The Labute approximate surface area is 71.3 Å². The highest BCUT2D eigenvalue weighted by Crippen LogP contribution is 2.11. The van der Waals surface area contributed by atoms with E-state index in [1.165, 1.54) is 0 Å². The number of ether oxygens (including phenoxy) is 1. The molecule has 0 amide bonds. The smallest absolute Gasteiger partial charge is 0.125 e. The van der Waals surface area contributed by atoms with Gasteiger partial charge in [0.05, 0.1) is 19.3 Å². The van der Waals surface area contributed by atoms with E-state index >= 15 is 0 Å². The molecule has 4 heteroatoms. The van der Waals surface area contributed by atoms with E-state index < -0.39 is 0 Å². The van der Waals surface area contributed by atoms with E-state index in [2.05, 4.69) is 15.3 Å². The minimum absolute atomic E-state index is 0.243. The fourth-order valence-electron chi connectivity index (χ4n) is 1.35. The lowest BCUT2D eigenvalue weighted by molar-refractivity contribution is 0.0744. The lowest BCUT2D eigenvalue weighted by atomic mass is 10.2. The van der Waals surface area contributed by atoms with Crippen LogP contribution in [0.5, 0.6) is 0 Å². The zero-order valence-electron chi connectivity index (χ0n) is 7.13. The molecule has 1 aromatic heterocycles. The molecule has 2 N–H and O–H groups in total. The second kappa shape index (κ2) is 3.25. The van der Waals surface area contributed by atoms with E-state index in [1.54, 1.807) is 0 Å². The lowest BCUT2D eigenvalue weighted by Gasteiger charge is -2.21. The minimum atomic E-state index is 0.243. The normalized spacial score (nSPS) is 24.2. The van der Waals surface area contributed by atoms with Gasteiger partial charge in [-0.25, -0.2) is 4.98 Å². The van der Waals surface area contributed by atoms with Gasteiger partial charge in [-0.1, -0.05) is 0 Å². The van der Waals surface area contributed by atoms with Crippen molar-refractivity contribution in [3.8, 4) is 0 Å². The van der Waals surface area contributed by atoms with Crippen LogP contribution in [-0.2, 0) is 4.74 Å². The summed E-state index contributed by atoms with van der Waals surface area (Å²) in [6.45, 7) is 4.42. The SMILES string of the molecule is Cc1cnc([C@H]2COCCN2)[nH]1. The highest BCUT2D eigenvalue weighted by atomic mass is 16.5. The van der Waals surface area contributed by atoms with Crippen molar-refractivity contribution in [2.24, 2.45) is 0 Å². The molecule has 1 atom stereocenters. The zero-order chi connectivity index (χ0) is 8.39. The van der Waals surface area contributed by atoms with Crippen LogP contribution in [0, 0.1) is 6.92 Å². The molecular weight excluding hydrogens is 154 g/mol. The number of rotatable bonds is 1. The monoisotopic (exact) mass is 167 g/mol. The Morgan fingerprint density at radius 3 is 3.17 bits per heavy atom. The van der Waals surface area contributed by atoms with Gasteiger partial charge >= 0.3 is 0 Å². The van der Waals surface area contributed by atoms with Crippen LogP contribution in [0.2, 0.25) is 0 Å². The Bertz CT molecular complexity index is 253. The van der Waals surface area contributed by atoms with Crippen LogP contribution >= 0.6 is 0 Å². The fraction of sp³-hybridized carbons (Fsp3) is 0.625. The number of aromatic amines is 1. The number of H-pyrrole nitrogens is 1. The molecule has 2 rings (SSSR count). The summed E-state index contributed by atoms with van der Waals surface area (Å²) in [5, 5.41) is 3.33. The van der Waals surface area contributed by atoms with Gasteiger partial charge in [0.1, 0.15) is 5.82 Å². The third-order valence-electron chi connectivity index (χ3n) is 1.97. The number of imidazole rings is 1. The van der Waals surface area contributed by atoms with Crippen molar-refractivity contribution in [1.82, 2.24) is 15.3 Å². The average Bonchev–Trinajstić information content (AvgIpc) is 2.54. The summed E-state index contributed by atoms with van der Waals surface area (Å²) in [5.74, 6) is 0.979. The van der Waals surface area contributed by atoms with Crippen molar-refractivity contribution >= 4 is 0 Å². The van der Waals surface area contributed by atoms with Crippen LogP contribution in [-0.4, -0.2) is 29.7 Å². The van der Waals surface area contributed by atoms with E-state index in [0.717, 1.165) is 24.7 Å². The lowest BCUT2D eigenvalue weighted by Crippen LogP contribution is -2.35. The van der Waals surface area contributed by atoms with Crippen molar-refractivity contribution in [3.05, 3.63) is 17.7 Å². The number of aryl methyl sites for hydroxylation is 1. The van der Waals surface area contributed by atoms with E-state index in [9.17, 15) is 0 Å². The van der Waals surface area contributed by atoms with Gasteiger partial charge in [-0.2, -0.15) is 0 Å². The van der Waals surface area contributed by atoms with E-state index in [1.807, 2.05) is 13.1 Å². The van der Waals surface area contributed by atoms with Crippen LogP contribution in [0.25, 0.3) is 0 Å². The molecule has 0 saturated carbocycles. The Hall–Kier alpha value is -0.870. The van der Waals surface area contributed by atoms with Crippen LogP contribution in [0.4, 0.5) is 0 Å². The minimum Gasteiger partial charge on any atom is -0.378 e. The second-order valence-electron chi connectivity index (χ2n) is 3.03. The third kappa shape index (κ3) is 1.49. The summed E-state index contributed by atoms with van der Waals surface area (Å²) in [5.41, 5.74) is 1.09. The summed E-state index contributed by atoms with van der Waals surface area (Å²) < 4.78 is 5.32. The highest BCUT2D eigenvalue weighted by molar-refractivity contribution is 5.03. The predicted molar refractivity (Wildman–Crippen MR) is 44.9 cm³/mol. The van der Waals surface area contributed by atoms with Gasteiger partial charge in [-0.15, -0.1) is 0 Å². The van der Waals surface area contributed by atoms with Gasteiger partial charge in [-0.05, 0) is 6.92 Å². The van der Waals surface area contributed by atoms with Crippen LogP contribution < -0.4 is 5.32 Å². The van der Waals surface area contributed by atoms with E-state index in [-0.39, 0.29) is 6.04 Å². The summed E-state index contributed by atoms with van der Waals surface area (Å²) in [6.07, 6.45) is 1.84. The first kappa shape index (κ1) is 7.76. The maximum absolute atomic E-state index is 5.32. The van der Waals surface area contributed by atoms with Gasteiger partial charge in [0.15, 0.2) is 0 Å².